The number of benzene rings is 1. The van der Waals surface area contributed by atoms with Gasteiger partial charge in [-0.3, -0.25) is 4.79 Å². The highest BCUT2D eigenvalue weighted by molar-refractivity contribution is 6.31. The van der Waals surface area contributed by atoms with Gasteiger partial charge in [-0.1, -0.05) is 23.7 Å². The highest BCUT2D eigenvalue weighted by Gasteiger charge is 2.36. The Labute approximate surface area is 213 Å². The third kappa shape index (κ3) is 5.22. The number of halogens is 5. The number of amides is 1. The van der Waals surface area contributed by atoms with Gasteiger partial charge in [0.25, 0.3) is 5.91 Å². The van der Waals surface area contributed by atoms with Crippen LogP contribution in [0.4, 0.5) is 23.4 Å². The highest BCUT2D eigenvalue weighted by atomic mass is 35.5. The molecule has 4 aromatic rings. The van der Waals surface area contributed by atoms with E-state index < -0.39 is 23.5 Å². The summed E-state index contributed by atoms with van der Waals surface area (Å²) in [5.41, 5.74) is -0.139. The molecule has 1 aliphatic rings. The van der Waals surface area contributed by atoms with E-state index in [9.17, 15) is 22.4 Å². The first-order valence-electron chi connectivity index (χ1n) is 11.6. The maximum atomic E-state index is 14.5. The minimum absolute atomic E-state index is 0.0137. The van der Waals surface area contributed by atoms with Gasteiger partial charge in [0.1, 0.15) is 5.65 Å². The van der Waals surface area contributed by atoms with Crippen molar-refractivity contribution in [1.29, 1.82) is 0 Å². The van der Waals surface area contributed by atoms with E-state index in [1.807, 2.05) is 0 Å². The van der Waals surface area contributed by atoms with E-state index in [-0.39, 0.29) is 36.2 Å². The Bertz CT molecular complexity index is 1460. The molecular formula is C25H21ClF4N6O. The number of pyridine rings is 1. The second kappa shape index (κ2) is 9.97. The predicted molar refractivity (Wildman–Crippen MR) is 131 cm³/mol. The van der Waals surface area contributed by atoms with Crippen LogP contribution in [0, 0.1) is 11.7 Å². The van der Waals surface area contributed by atoms with E-state index in [1.54, 1.807) is 12.3 Å². The predicted octanol–water partition coefficient (Wildman–Crippen LogP) is 5.80. The van der Waals surface area contributed by atoms with Gasteiger partial charge in [0.05, 0.1) is 22.3 Å². The van der Waals surface area contributed by atoms with Crippen molar-refractivity contribution in [3.05, 3.63) is 70.9 Å². The number of carbonyl (C=O) groups is 1. The van der Waals surface area contributed by atoms with E-state index in [2.05, 4.69) is 25.3 Å². The largest absolute Gasteiger partial charge is 0.417 e. The minimum Gasteiger partial charge on any atom is -0.367 e. The Kier molecular flexibility index (Phi) is 6.72. The number of rotatable bonds is 5. The first kappa shape index (κ1) is 24.9. The van der Waals surface area contributed by atoms with Crippen molar-refractivity contribution in [3.8, 4) is 11.4 Å². The Morgan fingerprint density at radius 2 is 2.03 bits per heavy atom. The molecule has 1 amide bonds. The average molecular weight is 533 g/mol. The zero-order valence-corrected chi connectivity index (χ0v) is 20.1. The van der Waals surface area contributed by atoms with Gasteiger partial charge in [0.2, 0.25) is 0 Å². The molecule has 1 aliphatic heterocycles. The lowest BCUT2D eigenvalue weighted by molar-refractivity contribution is -0.138. The van der Waals surface area contributed by atoms with Gasteiger partial charge in [-0.15, -0.1) is 0 Å². The van der Waals surface area contributed by atoms with E-state index in [0.29, 0.717) is 34.6 Å². The van der Waals surface area contributed by atoms with Gasteiger partial charge in [-0.05, 0) is 37.0 Å². The third-order valence-corrected chi connectivity index (χ3v) is 6.52. The van der Waals surface area contributed by atoms with Crippen LogP contribution in [0.2, 0.25) is 5.02 Å². The number of aromatic amines is 1. The van der Waals surface area contributed by atoms with Gasteiger partial charge in [-0.2, -0.15) is 13.2 Å². The number of carbonyl (C=O) groups excluding carboxylic acids is 1. The average Bonchev–Trinajstić information content (AvgIpc) is 3.30. The zero-order valence-electron chi connectivity index (χ0n) is 19.3. The van der Waals surface area contributed by atoms with Crippen LogP contribution < -0.4 is 5.32 Å². The molecule has 2 N–H and O–H groups in total. The number of anilines is 1. The summed E-state index contributed by atoms with van der Waals surface area (Å²) in [6, 6.07) is 6.48. The van der Waals surface area contributed by atoms with Crippen molar-refractivity contribution in [2.75, 3.05) is 25.0 Å². The molecule has 37 heavy (non-hydrogen) atoms. The number of aromatic nitrogens is 4. The molecule has 1 aromatic carbocycles. The minimum atomic E-state index is -4.63. The number of nitrogens with zero attached hydrogens (tertiary/aromatic N) is 4. The Balaban J connectivity index is 1.30. The molecule has 5 rings (SSSR count). The normalized spacial score (nSPS) is 16.2. The summed E-state index contributed by atoms with van der Waals surface area (Å²) >= 11 is 6.06. The third-order valence-electron chi connectivity index (χ3n) is 6.31. The molecule has 3 aromatic heterocycles. The van der Waals surface area contributed by atoms with Crippen molar-refractivity contribution in [1.82, 2.24) is 24.8 Å². The van der Waals surface area contributed by atoms with Crippen LogP contribution in [-0.2, 0) is 6.18 Å². The molecule has 0 saturated carbocycles. The molecule has 12 heteroatoms. The molecule has 0 spiro atoms. The first-order chi connectivity index (χ1) is 17.7. The lowest BCUT2D eigenvalue weighted by Crippen LogP contribution is -2.42. The smallest absolute Gasteiger partial charge is 0.367 e. The van der Waals surface area contributed by atoms with Crippen molar-refractivity contribution < 1.29 is 22.4 Å². The standard InChI is InChI=1S/C25H21ClF4N6O/c26-15-8-17-18(11-33-21(17)32-10-15)22-34-12-20(27)23(35-22)31-9-14-4-3-7-36(13-14)24(37)16-5-1-2-6-19(16)25(28,29)30/h1-2,5-6,8,10-12,14H,3-4,7,9,13H2,(H,32,33)(H,31,34,35). The van der Waals surface area contributed by atoms with Gasteiger partial charge in [0, 0.05) is 43.0 Å². The number of fused-ring (bicyclic) bond motifs is 1. The molecule has 1 saturated heterocycles. The van der Waals surface area contributed by atoms with Crippen LogP contribution >= 0.6 is 11.6 Å². The van der Waals surface area contributed by atoms with Crippen LogP contribution in [-0.4, -0.2) is 50.4 Å². The molecule has 7 nitrogen and oxygen atoms in total. The number of hydrogen-bond donors (Lipinski definition) is 2. The topological polar surface area (TPSA) is 86.8 Å². The van der Waals surface area contributed by atoms with Crippen LogP contribution in [0.25, 0.3) is 22.4 Å². The van der Waals surface area contributed by atoms with Crippen LogP contribution in [0.1, 0.15) is 28.8 Å². The highest BCUT2D eigenvalue weighted by Crippen LogP contribution is 2.33. The molecule has 0 bridgehead atoms. The number of nitrogens with one attached hydrogen (secondary N) is 2. The van der Waals surface area contributed by atoms with Crippen LogP contribution in [0.3, 0.4) is 0 Å². The molecule has 4 heterocycles. The van der Waals surface area contributed by atoms with Crippen LogP contribution in [0.15, 0.2) is 48.9 Å². The van der Waals surface area contributed by atoms with E-state index in [0.717, 1.165) is 18.7 Å². The summed E-state index contributed by atoms with van der Waals surface area (Å²) in [6.45, 7) is 0.869. The maximum absolute atomic E-state index is 14.5. The second-order valence-corrected chi connectivity index (χ2v) is 9.26. The molecule has 1 unspecified atom stereocenters. The van der Waals surface area contributed by atoms with Gasteiger partial charge in [0.15, 0.2) is 17.5 Å². The van der Waals surface area contributed by atoms with Crippen molar-refractivity contribution in [3.63, 3.8) is 0 Å². The number of hydrogen-bond acceptors (Lipinski definition) is 5. The molecule has 1 atom stereocenters. The van der Waals surface area contributed by atoms with Gasteiger partial charge in [-0.25, -0.2) is 19.3 Å². The van der Waals surface area contributed by atoms with E-state index in [1.165, 1.54) is 29.3 Å². The van der Waals surface area contributed by atoms with Crippen molar-refractivity contribution in [2.45, 2.75) is 19.0 Å². The lowest BCUT2D eigenvalue weighted by Gasteiger charge is -2.33. The van der Waals surface area contributed by atoms with Gasteiger partial charge >= 0.3 is 6.18 Å². The molecule has 192 valence electrons. The number of alkyl halides is 3. The fourth-order valence-electron chi connectivity index (χ4n) is 4.53. The van der Waals surface area contributed by atoms with E-state index >= 15 is 0 Å². The molecule has 0 radical (unpaired) electrons. The number of likely N-dealkylation sites (tertiary alicyclic amines) is 1. The Morgan fingerprint density at radius 3 is 2.84 bits per heavy atom. The van der Waals surface area contributed by atoms with Crippen molar-refractivity contribution >= 4 is 34.4 Å². The summed E-state index contributed by atoms with van der Waals surface area (Å²) in [5, 5.41) is 4.10. The molecule has 0 aliphatic carbocycles. The molecule has 1 fully saturated rings. The van der Waals surface area contributed by atoms with Crippen molar-refractivity contribution in [2.24, 2.45) is 5.92 Å². The summed E-state index contributed by atoms with van der Waals surface area (Å²) < 4.78 is 54.7. The summed E-state index contributed by atoms with van der Waals surface area (Å²) in [6.07, 6.45) is 0.942. The fraction of sp³-hybridized carbons (Fsp3) is 0.280. The monoisotopic (exact) mass is 532 g/mol. The van der Waals surface area contributed by atoms with E-state index in [4.69, 9.17) is 11.6 Å². The quantitative estimate of drug-likeness (QED) is 0.317. The fourth-order valence-corrected chi connectivity index (χ4v) is 4.69. The zero-order chi connectivity index (χ0) is 26.2. The Morgan fingerprint density at radius 1 is 1.22 bits per heavy atom. The number of H-pyrrole nitrogens is 1. The van der Waals surface area contributed by atoms with Gasteiger partial charge < -0.3 is 15.2 Å². The second-order valence-electron chi connectivity index (χ2n) is 8.83. The summed E-state index contributed by atoms with van der Waals surface area (Å²) in [5.74, 6) is -1.17. The lowest BCUT2D eigenvalue weighted by atomic mass is 9.96. The summed E-state index contributed by atoms with van der Waals surface area (Å²) in [4.78, 5) is 30.0. The maximum Gasteiger partial charge on any atom is 0.417 e. The van der Waals surface area contributed by atoms with Crippen LogP contribution in [0.5, 0.6) is 0 Å². The Hall–Kier alpha value is -3.73. The number of piperidine rings is 1. The first-order valence-corrected chi connectivity index (χ1v) is 11.9. The SMILES string of the molecule is O=C(c1ccccc1C(F)(F)F)N1CCCC(CNc2nc(-c3c[nH]c4ncc(Cl)cc34)ncc2F)C1. The molecular weight excluding hydrogens is 512 g/mol. The summed E-state index contributed by atoms with van der Waals surface area (Å²) in [7, 11) is 0.